The van der Waals surface area contributed by atoms with Gasteiger partial charge in [-0.15, -0.1) is 0 Å². The Bertz CT molecular complexity index is 578. The van der Waals surface area contributed by atoms with Crippen LogP contribution in [-0.2, 0) is 4.79 Å². The fourth-order valence-corrected chi connectivity index (χ4v) is 1.94. The number of fused-ring (bicyclic) bond motifs is 1. The molecule has 18 heavy (non-hydrogen) atoms. The van der Waals surface area contributed by atoms with E-state index in [2.05, 4.69) is 5.32 Å². The average molecular weight is 244 g/mol. The van der Waals surface area contributed by atoms with Crippen LogP contribution >= 0.6 is 0 Å². The van der Waals surface area contributed by atoms with Crippen LogP contribution in [0.3, 0.4) is 0 Å². The van der Waals surface area contributed by atoms with E-state index in [4.69, 9.17) is 14.9 Å². The van der Waals surface area contributed by atoms with Crippen molar-refractivity contribution in [1.82, 2.24) is 0 Å². The lowest BCUT2D eigenvalue weighted by Crippen LogP contribution is -2.25. The second-order valence-electron chi connectivity index (χ2n) is 4.13. The van der Waals surface area contributed by atoms with E-state index in [1.807, 2.05) is 24.3 Å². The summed E-state index contributed by atoms with van der Waals surface area (Å²) in [6.07, 6.45) is 3.19. The van der Waals surface area contributed by atoms with E-state index >= 15 is 0 Å². The van der Waals surface area contributed by atoms with Gasteiger partial charge in [-0.2, -0.15) is 0 Å². The van der Waals surface area contributed by atoms with Crippen molar-refractivity contribution in [2.24, 2.45) is 5.73 Å². The second kappa shape index (κ2) is 4.19. The molecule has 0 spiro atoms. The number of carbonyl (C=O) groups excluding carboxylic acids is 1. The van der Waals surface area contributed by atoms with Gasteiger partial charge >= 0.3 is 0 Å². The monoisotopic (exact) mass is 244 g/mol. The molecular weight excluding hydrogens is 232 g/mol. The van der Waals surface area contributed by atoms with Crippen molar-refractivity contribution in [2.75, 3.05) is 11.9 Å². The van der Waals surface area contributed by atoms with Crippen molar-refractivity contribution >= 4 is 11.6 Å². The molecule has 1 aromatic heterocycles. The molecule has 0 aliphatic carbocycles. The first-order valence-corrected chi connectivity index (χ1v) is 5.58. The molecule has 5 heteroatoms. The lowest BCUT2D eigenvalue weighted by atomic mass is 10.0. The molecule has 0 fully saturated rings. The molecule has 1 amide bonds. The van der Waals surface area contributed by atoms with Gasteiger partial charge in [-0.3, -0.25) is 4.79 Å². The normalized spacial score (nSPS) is 15.5. The van der Waals surface area contributed by atoms with Crippen LogP contribution in [0.25, 0.3) is 0 Å². The number of benzene rings is 1. The molecule has 92 valence electrons. The first kappa shape index (κ1) is 10.9. The fraction of sp³-hybridized carbons (Fsp3) is 0.154. The number of furan rings is 1. The lowest BCUT2D eigenvalue weighted by molar-refractivity contribution is -0.118. The highest BCUT2D eigenvalue weighted by atomic mass is 16.5. The number of nitrogens with two attached hydrogens (primary N) is 1. The maximum atomic E-state index is 11.3. The summed E-state index contributed by atoms with van der Waals surface area (Å²) in [5.74, 6) is 0.509. The topological polar surface area (TPSA) is 77.5 Å². The molecular formula is C13H12N2O3. The summed E-state index contributed by atoms with van der Waals surface area (Å²) >= 11 is 0. The van der Waals surface area contributed by atoms with Gasteiger partial charge in [-0.05, 0) is 23.8 Å². The zero-order chi connectivity index (χ0) is 12.5. The van der Waals surface area contributed by atoms with Gasteiger partial charge in [0, 0.05) is 5.56 Å². The summed E-state index contributed by atoms with van der Waals surface area (Å²) < 4.78 is 10.3. The predicted molar refractivity (Wildman–Crippen MR) is 65.3 cm³/mol. The minimum atomic E-state index is -0.284. The molecule has 1 aliphatic heterocycles. The van der Waals surface area contributed by atoms with Crippen molar-refractivity contribution in [3.8, 4) is 5.75 Å². The molecule has 5 nitrogen and oxygen atoms in total. The maximum Gasteiger partial charge on any atom is 0.262 e. The van der Waals surface area contributed by atoms with E-state index in [0.29, 0.717) is 11.4 Å². The van der Waals surface area contributed by atoms with Crippen LogP contribution in [-0.4, -0.2) is 12.5 Å². The molecule has 3 rings (SSSR count). The van der Waals surface area contributed by atoms with Crippen molar-refractivity contribution in [3.05, 3.63) is 47.9 Å². The number of carbonyl (C=O) groups is 1. The Balaban J connectivity index is 1.94. The number of rotatable bonds is 2. The molecule has 1 aromatic carbocycles. The number of amides is 1. The van der Waals surface area contributed by atoms with Gasteiger partial charge in [0.25, 0.3) is 5.91 Å². The first-order chi connectivity index (χ1) is 8.74. The van der Waals surface area contributed by atoms with E-state index in [1.165, 1.54) is 0 Å². The molecule has 0 saturated heterocycles. The van der Waals surface area contributed by atoms with Crippen LogP contribution < -0.4 is 15.8 Å². The minimum absolute atomic E-state index is 0.0557. The SMILES string of the molecule is NC(c1ccoc1)c1ccc2c(c1)NC(=O)CO2. The van der Waals surface area contributed by atoms with Gasteiger partial charge in [0.05, 0.1) is 24.3 Å². The van der Waals surface area contributed by atoms with Gasteiger partial charge in [0.1, 0.15) is 5.75 Å². The van der Waals surface area contributed by atoms with Gasteiger partial charge in [0.2, 0.25) is 0 Å². The molecule has 0 bridgehead atoms. The Morgan fingerprint density at radius 1 is 1.28 bits per heavy atom. The third-order valence-electron chi connectivity index (χ3n) is 2.90. The molecule has 1 unspecified atom stereocenters. The Kier molecular flexibility index (Phi) is 2.53. The zero-order valence-corrected chi connectivity index (χ0v) is 9.55. The third kappa shape index (κ3) is 1.84. The molecule has 1 aliphatic rings. The van der Waals surface area contributed by atoms with Crippen molar-refractivity contribution in [1.29, 1.82) is 0 Å². The zero-order valence-electron chi connectivity index (χ0n) is 9.55. The number of nitrogens with one attached hydrogen (secondary N) is 1. The summed E-state index contributed by atoms with van der Waals surface area (Å²) in [5.41, 5.74) is 8.55. The summed E-state index contributed by atoms with van der Waals surface area (Å²) in [6, 6.07) is 7.05. The lowest BCUT2D eigenvalue weighted by Gasteiger charge is -2.20. The summed E-state index contributed by atoms with van der Waals surface area (Å²) in [7, 11) is 0. The van der Waals surface area contributed by atoms with E-state index in [-0.39, 0.29) is 18.6 Å². The Hall–Kier alpha value is -2.27. The fourth-order valence-electron chi connectivity index (χ4n) is 1.94. The van der Waals surface area contributed by atoms with Crippen molar-refractivity contribution in [2.45, 2.75) is 6.04 Å². The highest BCUT2D eigenvalue weighted by Gasteiger charge is 2.18. The number of anilines is 1. The van der Waals surface area contributed by atoms with Gasteiger partial charge in [-0.25, -0.2) is 0 Å². The Morgan fingerprint density at radius 2 is 2.17 bits per heavy atom. The standard InChI is InChI=1S/C13H12N2O3/c14-13(9-3-4-17-6-9)8-1-2-11-10(5-8)15-12(16)7-18-11/h1-6,13H,7,14H2,(H,15,16). The quantitative estimate of drug-likeness (QED) is 0.842. The molecule has 2 heterocycles. The Morgan fingerprint density at radius 3 is 2.94 bits per heavy atom. The summed E-state index contributed by atoms with van der Waals surface area (Å²) in [4.78, 5) is 11.3. The molecule has 0 radical (unpaired) electrons. The number of ether oxygens (including phenoxy) is 1. The van der Waals surface area contributed by atoms with Crippen molar-refractivity contribution in [3.63, 3.8) is 0 Å². The van der Waals surface area contributed by atoms with E-state index < -0.39 is 0 Å². The highest BCUT2D eigenvalue weighted by Crippen LogP contribution is 2.31. The Labute approximate surface area is 104 Å². The van der Waals surface area contributed by atoms with Crippen LogP contribution in [0, 0.1) is 0 Å². The predicted octanol–water partition coefficient (Wildman–Crippen LogP) is 1.66. The molecule has 3 N–H and O–H groups in total. The smallest absolute Gasteiger partial charge is 0.262 e. The third-order valence-corrected chi connectivity index (χ3v) is 2.90. The van der Waals surface area contributed by atoms with E-state index in [1.54, 1.807) is 12.5 Å². The summed E-state index contributed by atoms with van der Waals surface area (Å²) in [6.45, 7) is 0.0557. The van der Waals surface area contributed by atoms with Crippen LogP contribution in [0.4, 0.5) is 5.69 Å². The number of hydrogen-bond acceptors (Lipinski definition) is 4. The van der Waals surface area contributed by atoms with Crippen LogP contribution in [0.5, 0.6) is 5.75 Å². The van der Waals surface area contributed by atoms with Crippen molar-refractivity contribution < 1.29 is 13.9 Å². The maximum absolute atomic E-state index is 11.3. The molecule has 1 atom stereocenters. The van der Waals surface area contributed by atoms with Gasteiger partial charge < -0.3 is 20.2 Å². The average Bonchev–Trinajstić information content (AvgIpc) is 2.90. The second-order valence-corrected chi connectivity index (χ2v) is 4.13. The first-order valence-electron chi connectivity index (χ1n) is 5.58. The van der Waals surface area contributed by atoms with Crippen LogP contribution in [0.15, 0.2) is 41.2 Å². The van der Waals surface area contributed by atoms with Crippen LogP contribution in [0.1, 0.15) is 17.2 Å². The highest BCUT2D eigenvalue weighted by molar-refractivity contribution is 5.95. The van der Waals surface area contributed by atoms with Crippen LogP contribution in [0.2, 0.25) is 0 Å². The van der Waals surface area contributed by atoms with Gasteiger partial charge in [0.15, 0.2) is 6.61 Å². The summed E-state index contributed by atoms with van der Waals surface area (Å²) in [5, 5.41) is 2.76. The van der Waals surface area contributed by atoms with E-state index in [0.717, 1.165) is 11.1 Å². The largest absolute Gasteiger partial charge is 0.482 e. The van der Waals surface area contributed by atoms with E-state index in [9.17, 15) is 4.79 Å². The van der Waals surface area contributed by atoms with Gasteiger partial charge in [-0.1, -0.05) is 6.07 Å². The molecule has 0 saturated carbocycles. The minimum Gasteiger partial charge on any atom is -0.482 e. The molecule has 2 aromatic rings. The number of hydrogen-bond donors (Lipinski definition) is 2.